The largest absolute Gasteiger partial charge is 0.480 e. The monoisotopic (exact) mass is 182 g/mol. The average Bonchev–Trinajstić information content (AvgIpc) is 2.04. The summed E-state index contributed by atoms with van der Waals surface area (Å²) in [4.78, 5) is 20.0. The second kappa shape index (κ2) is 9.19. The number of hydrogen-bond acceptors (Lipinski definition) is 3. The molecule has 0 heterocycles. The van der Waals surface area contributed by atoms with Gasteiger partial charge in [-0.3, -0.25) is 9.59 Å². The average molecular weight is 183 g/mol. The van der Waals surface area contributed by atoms with Gasteiger partial charge < -0.3 is 16.2 Å². The van der Waals surface area contributed by atoms with Crippen LogP contribution in [-0.2, 0) is 9.59 Å². The zero-order valence-corrected chi connectivity index (χ0v) is 6.89. The Morgan fingerprint density at radius 1 is 1.55 bits per heavy atom. The van der Waals surface area contributed by atoms with Gasteiger partial charge in [0.15, 0.2) is 0 Å². The first-order valence-electron chi connectivity index (χ1n) is 2.73. The van der Waals surface area contributed by atoms with Crippen LogP contribution in [0.3, 0.4) is 0 Å². The minimum absolute atomic E-state index is 0.173. The molecule has 66 valence electrons. The summed E-state index contributed by atoms with van der Waals surface area (Å²) in [6.45, 7) is -0.538. The Labute approximate surface area is 69.5 Å². The van der Waals surface area contributed by atoms with Crippen LogP contribution in [0, 0.1) is 0 Å². The molecular weight excluding hydrogens is 172 g/mol. The van der Waals surface area contributed by atoms with Crippen molar-refractivity contribution in [2.45, 2.75) is 0 Å². The minimum Gasteiger partial charge on any atom is -0.480 e. The molecule has 0 atom stereocenters. The van der Waals surface area contributed by atoms with Gasteiger partial charge in [0, 0.05) is 6.38 Å². The number of halogens is 1. The Balaban J connectivity index is 0. The van der Waals surface area contributed by atoms with Gasteiger partial charge in [-0.25, -0.2) is 0 Å². The van der Waals surface area contributed by atoms with Gasteiger partial charge in [-0.2, -0.15) is 0 Å². The van der Waals surface area contributed by atoms with Crippen LogP contribution in [-0.4, -0.2) is 36.5 Å². The van der Waals surface area contributed by atoms with E-state index >= 15 is 0 Å². The molecule has 1 amide bonds. The summed E-state index contributed by atoms with van der Waals surface area (Å²) in [7, 11) is 0. The molecule has 0 aromatic heterocycles. The zero-order valence-electron chi connectivity index (χ0n) is 6.13. The van der Waals surface area contributed by atoms with Crippen molar-refractivity contribution in [2.75, 3.05) is 19.5 Å². The Morgan fingerprint density at radius 2 is 2.00 bits per heavy atom. The highest BCUT2D eigenvalue weighted by molar-refractivity contribution is 6.15. The lowest BCUT2D eigenvalue weighted by molar-refractivity contribution is -0.137. The summed E-state index contributed by atoms with van der Waals surface area (Å²) in [6, 6.07) is 0. The van der Waals surface area contributed by atoms with Crippen molar-refractivity contribution < 1.29 is 14.7 Å². The van der Waals surface area contributed by atoms with Gasteiger partial charge in [-0.15, -0.1) is 11.6 Å². The summed E-state index contributed by atoms with van der Waals surface area (Å²) in [6.07, 6.45) is 1.47. The van der Waals surface area contributed by atoms with Crippen LogP contribution in [0.2, 0.25) is 0 Å². The molecule has 0 aliphatic rings. The van der Waals surface area contributed by atoms with Crippen molar-refractivity contribution in [2.24, 2.45) is 5.73 Å². The first-order chi connectivity index (χ1) is 5.16. The van der Waals surface area contributed by atoms with Gasteiger partial charge in [0.25, 0.3) is 0 Å². The van der Waals surface area contributed by atoms with E-state index in [1.54, 1.807) is 0 Å². The van der Waals surface area contributed by atoms with Crippen molar-refractivity contribution >= 4 is 23.5 Å². The summed E-state index contributed by atoms with van der Waals surface area (Å²) in [5.74, 6) is -1.53. The first kappa shape index (κ1) is 12.8. The Morgan fingerprint density at radius 3 is 2.27 bits per heavy atom. The highest BCUT2D eigenvalue weighted by atomic mass is 35.5. The molecule has 0 fully saturated rings. The molecule has 0 radical (unpaired) electrons. The number of hydrogen-bond donors (Lipinski definition) is 3. The second-order valence-electron chi connectivity index (χ2n) is 1.37. The van der Waals surface area contributed by atoms with Crippen molar-refractivity contribution in [1.29, 1.82) is 0 Å². The van der Waals surface area contributed by atoms with Gasteiger partial charge in [-0.1, -0.05) is 0 Å². The number of amides is 1. The van der Waals surface area contributed by atoms with Crippen LogP contribution < -0.4 is 11.1 Å². The molecule has 0 rings (SSSR count). The molecule has 0 aliphatic carbocycles. The van der Waals surface area contributed by atoms with Crippen molar-refractivity contribution in [3.05, 3.63) is 0 Å². The van der Waals surface area contributed by atoms with E-state index in [4.69, 9.17) is 10.8 Å². The lowest BCUT2D eigenvalue weighted by Crippen LogP contribution is -2.34. The van der Waals surface area contributed by atoms with Gasteiger partial charge in [0.1, 0.15) is 6.54 Å². The maximum atomic E-state index is 10.2. The normalized spacial score (nSPS) is 7.55. The topological polar surface area (TPSA) is 92.4 Å². The zero-order chi connectivity index (χ0) is 9.28. The Hall–Kier alpha value is -0.810. The number of nitrogens with one attached hydrogen (secondary N) is 1. The lowest BCUT2D eigenvalue weighted by Gasteiger charge is -1.95. The van der Waals surface area contributed by atoms with Gasteiger partial charge in [0.2, 0.25) is 5.91 Å². The molecular formula is C5H11ClN2O3. The van der Waals surface area contributed by atoms with E-state index < -0.39 is 11.9 Å². The van der Waals surface area contributed by atoms with E-state index in [9.17, 15) is 9.59 Å². The number of carbonyl (C=O) groups excluding carboxylic acids is 1. The van der Waals surface area contributed by atoms with Gasteiger partial charge in [0.05, 0.1) is 6.54 Å². The maximum Gasteiger partial charge on any atom is 0.322 e. The van der Waals surface area contributed by atoms with E-state index in [1.807, 2.05) is 0 Å². The van der Waals surface area contributed by atoms with Crippen LogP contribution in [0.1, 0.15) is 0 Å². The summed E-state index contributed by atoms with van der Waals surface area (Å²) < 4.78 is 0. The number of carboxylic acids is 1. The number of aliphatic carboxylic acids is 1. The number of carboxylic acid groups (broad SMARTS) is 1. The van der Waals surface area contributed by atoms with E-state index in [1.165, 1.54) is 6.38 Å². The summed E-state index contributed by atoms with van der Waals surface area (Å²) in [5, 5.41) is 10.1. The second-order valence-corrected chi connectivity index (χ2v) is 1.37. The third-order valence-electron chi connectivity index (χ3n) is 0.622. The molecule has 0 saturated carbocycles. The highest BCUT2D eigenvalue weighted by Crippen LogP contribution is 1.60. The van der Waals surface area contributed by atoms with Crippen LogP contribution in [0.15, 0.2) is 0 Å². The van der Waals surface area contributed by atoms with Crippen LogP contribution in [0.25, 0.3) is 0 Å². The number of alkyl halides is 1. The molecule has 0 saturated heterocycles. The summed E-state index contributed by atoms with van der Waals surface area (Å²) >= 11 is 4.64. The SMILES string of the molecule is CCl.NCC(=O)NCC(=O)O. The molecule has 0 aromatic rings. The fourth-order valence-corrected chi connectivity index (χ4v) is 0.246. The fraction of sp³-hybridized carbons (Fsp3) is 0.600. The van der Waals surface area contributed by atoms with Crippen LogP contribution >= 0.6 is 11.6 Å². The molecule has 0 spiro atoms. The quantitative estimate of drug-likeness (QED) is 0.489. The van der Waals surface area contributed by atoms with E-state index in [0.717, 1.165) is 0 Å². The third kappa shape index (κ3) is 12.4. The lowest BCUT2D eigenvalue weighted by atomic mass is 10.5. The van der Waals surface area contributed by atoms with Crippen molar-refractivity contribution in [1.82, 2.24) is 5.32 Å². The van der Waals surface area contributed by atoms with Crippen molar-refractivity contribution in [3.8, 4) is 0 Å². The maximum absolute atomic E-state index is 10.2. The number of nitrogens with two attached hydrogens (primary N) is 1. The molecule has 11 heavy (non-hydrogen) atoms. The molecule has 0 aliphatic heterocycles. The predicted octanol–water partition coefficient (Wildman–Crippen LogP) is -0.999. The van der Waals surface area contributed by atoms with Crippen molar-refractivity contribution in [3.63, 3.8) is 0 Å². The van der Waals surface area contributed by atoms with E-state index in [2.05, 4.69) is 16.9 Å². The van der Waals surface area contributed by atoms with Crippen LogP contribution in [0.5, 0.6) is 0 Å². The molecule has 0 unspecified atom stereocenters. The molecule has 5 nitrogen and oxygen atoms in total. The predicted molar refractivity (Wildman–Crippen MR) is 41.5 cm³/mol. The van der Waals surface area contributed by atoms with E-state index in [-0.39, 0.29) is 13.1 Å². The third-order valence-corrected chi connectivity index (χ3v) is 0.622. The smallest absolute Gasteiger partial charge is 0.322 e. The number of carbonyl (C=O) groups is 2. The molecule has 4 N–H and O–H groups in total. The Kier molecular flexibility index (Phi) is 10.7. The molecule has 0 aromatic carbocycles. The minimum atomic E-state index is -1.07. The highest BCUT2D eigenvalue weighted by Gasteiger charge is 1.98. The first-order valence-corrected chi connectivity index (χ1v) is 3.48. The van der Waals surface area contributed by atoms with E-state index in [0.29, 0.717) is 0 Å². The van der Waals surface area contributed by atoms with Gasteiger partial charge >= 0.3 is 5.97 Å². The number of rotatable bonds is 3. The molecule has 0 bridgehead atoms. The fourth-order valence-electron chi connectivity index (χ4n) is 0.246. The molecule has 6 heteroatoms. The summed E-state index contributed by atoms with van der Waals surface area (Å²) in [5.41, 5.74) is 4.85. The standard InChI is InChI=1S/C4H8N2O3.CH3Cl/c5-1-3(7)6-2-4(8)9;1-2/h1-2,5H2,(H,6,7)(H,8,9);1H3. The Bertz CT molecular complexity index is 129. The van der Waals surface area contributed by atoms with Crippen LogP contribution in [0.4, 0.5) is 0 Å². The van der Waals surface area contributed by atoms with Gasteiger partial charge in [-0.05, 0) is 0 Å².